The molecule has 1 aromatic rings. The van der Waals surface area contributed by atoms with Gasteiger partial charge in [0.05, 0.1) is 18.2 Å². The van der Waals surface area contributed by atoms with Crippen LogP contribution >= 0.6 is 0 Å². The maximum Gasteiger partial charge on any atom is 0.127 e. The number of likely N-dealkylation sites (N-methyl/N-ethyl adjacent to an activating group) is 1. The first-order chi connectivity index (χ1) is 10.3. The Morgan fingerprint density at radius 3 is 2.62 bits per heavy atom. The van der Waals surface area contributed by atoms with E-state index < -0.39 is 0 Å². The zero-order valence-electron chi connectivity index (χ0n) is 13.3. The Kier molecular flexibility index (Phi) is 4.51. The molecular weight excluding hydrogens is 262 g/mol. The maximum atomic E-state index is 6.11. The average molecular weight is 289 g/mol. The van der Waals surface area contributed by atoms with Crippen LogP contribution in [0.5, 0.6) is 5.75 Å². The summed E-state index contributed by atoms with van der Waals surface area (Å²) in [5.74, 6) is 1.09. The Labute approximate surface area is 128 Å². The molecule has 0 amide bonds. The minimum absolute atomic E-state index is 0.105. The Bertz CT molecular complexity index is 478. The molecule has 2 aliphatic rings. The molecule has 3 heteroatoms. The second kappa shape index (κ2) is 6.37. The van der Waals surface area contributed by atoms with E-state index in [0.717, 1.165) is 31.6 Å². The molecule has 0 spiro atoms. The van der Waals surface area contributed by atoms with Crippen LogP contribution in [0, 0.1) is 0 Å². The highest BCUT2D eigenvalue weighted by atomic mass is 16.5. The second-order valence-corrected chi connectivity index (χ2v) is 6.34. The average Bonchev–Trinajstić information content (AvgIpc) is 2.87. The van der Waals surface area contributed by atoms with Crippen LogP contribution in [0.15, 0.2) is 18.2 Å². The number of rotatable bonds is 4. The lowest BCUT2D eigenvalue weighted by molar-refractivity contribution is -0.0527. The number of hydrogen-bond acceptors (Lipinski definition) is 3. The molecule has 0 bridgehead atoms. The van der Waals surface area contributed by atoms with E-state index in [1.165, 1.54) is 36.8 Å². The normalized spacial score (nSPS) is 22.2. The summed E-state index contributed by atoms with van der Waals surface area (Å²) in [6, 6.07) is 6.75. The molecular formula is C18H27NO2. The van der Waals surface area contributed by atoms with Crippen LogP contribution in [0.3, 0.4) is 0 Å². The smallest absolute Gasteiger partial charge is 0.127 e. The van der Waals surface area contributed by atoms with Crippen LogP contribution in [0.4, 0.5) is 0 Å². The first-order valence-corrected chi connectivity index (χ1v) is 8.28. The summed E-state index contributed by atoms with van der Waals surface area (Å²) in [7, 11) is 3.92. The van der Waals surface area contributed by atoms with Gasteiger partial charge < -0.3 is 14.8 Å². The van der Waals surface area contributed by atoms with Crippen LogP contribution < -0.4 is 10.1 Å². The van der Waals surface area contributed by atoms with Gasteiger partial charge in [0.25, 0.3) is 0 Å². The van der Waals surface area contributed by atoms with Crippen molar-refractivity contribution in [2.75, 3.05) is 20.8 Å². The molecule has 1 atom stereocenters. The van der Waals surface area contributed by atoms with Crippen LogP contribution in [0.2, 0.25) is 0 Å². The third-order valence-corrected chi connectivity index (χ3v) is 5.23. The van der Waals surface area contributed by atoms with E-state index in [9.17, 15) is 0 Å². The second-order valence-electron chi connectivity index (χ2n) is 6.34. The fourth-order valence-electron chi connectivity index (χ4n) is 4.11. The lowest BCUT2D eigenvalue weighted by Crippen LogP contribution is -2.44. The minimum Gasteiger partial charge on any atom is -0.493 e. The van der Waals surface area contributed by atoms with Gasteiger partial charge in [0, 0.05) is 19.1 Å². The van der Waals surface area contributed by atoms with Gasteiger partial charge in [0.15, 0.2) is 0 Å². The van der Waals surface area contributed by atoms with Gasteiger partial charge in [-0.25, -0.2) is 0 Å². The number of methoxy groups -OCH3 is 1. The van der Waals surface area contributed by atoms with Crippen molar-refractivity contribution >= 4 is 0 Å². The summed E-state index contributed by atoms with van der Waals surface area (Å²) in [5, 5.41) is 3.53. The topological polar surface area (TPSA) is 30.5 Å². The zero-order chi connectivity index (χ0) is 14.7. The zero-order valence-corrected chi connectivity index (χ0v) is 13.3. The highest BCUT2D eigenvalue weighted by molar-refractivity contribution is 5.46. The molecule has 3 nitrogen and oxygen atoms in total. The number of para-hydroxylation sites is 1. The van der Waals surface area contributed by atoms with Crippen LogP contribution in [0.25, 0.3) is 0 Å². The first-order valence-electron chi connectivity index (χ1n) is 8.28. The number of benzene rings is 1. The fourth-order valence-corrected chi connectivity index (χ4v) is 4.11. The van der Waals surface area contributed by atoms with Crippen molar-refractivity contribution < 1.29 is 9.47 Å². The van der Waals surface area contributed by atoms with Gasteiger partial charge in [-0.3, -0.25) is 0 Å². The van der Waals surface area contributed by atoms with Crippen LogP contribution in [-0.4, -0.2) is 26.4 Å². The fraction of sp³-hybridized carbons (Fsp3) is 0.667. The summed E-state index contributed by atoms with van der Waals surface area (Å²) in [6.07, 6.45) is 8.43. The lowest BCUT2D eigenvalue weighted by Gasteiger charge is -2.40. The molecule has 1 saturated carbocycles. The summed E-state index contributed by atoms with van der Waals surface area (Å²) in [5.41, 5.74) is 2.51. The number of fused-ring (bicyclic) bond motifs is 1. The largest absolute Gasteiger partial charge is 0.493 e. The predicted molar refractivity (Wildman–Crippen MR) is 84.9 cm³/mol. The Morgan fingerprint density at radius 1 is 1.19 bits per heavy atom. The van der Waals surface area contributed by atoms with E-state index in [4.69, 9.17) is 9.47 Å². The number of nitrogens with one attached hydrogen (secondary N) is 1. The van der Waals surface area contributed by atoms with E-state index in [1.54, 1.807) is 0 Å². The molecule has 0 saturated heterocycles. The van der Waals surface area contributed by atoms with Crippen molar-refractivity contribution in [3.05, 3.63) is 29.3 Å². The van der Waals surface area contributed by atoms with Crippen molar-refractivity contribution in [3.8, 4) is 5.75 Å². The number of ether oxygens (including phenoxy) is 2. The molecule has 3 rings (SSSR count). The summed E-state index contributed by atoms with van der Waals surface area (Å²) in [6.45, 7) is 0.808. The molecule has 1 unspecified atom stereocenters. The predicted octanol–water partition coefficient (Wildman–Crippen LogP) is 3.62. The van der Waals surface area contributed by atoms with Crippen molar-refractivity contribution in [3.63, 3.8) is 0 Å². The van der Waals surface area contributed by atoms with Gasteiger partial charge in [0.1, 0.15) is 5.75 Å². The van der Waals surface area contributed by atoms with Crippen molar-refractivity contribution in [2.45, 2.75) is 56.6 Å². The third-order valence-electron chi connectivity index (χ3n) is 5.23. The minimum atomic E-state index is -0.105. The van der Waals surface area contributed by atoms with E-state index in [1.807, 2.05) is 14.2 Å². The SMILES string of the molecule is CNC(c1cccc2c1OCC2)C1(OC)CCCCCC1. The van der Waals surface area contributed by atoms with Gasteiger partial charge in [-0.2, -0.15) is 0 Å². The Balaban J connectivity index is 1.98. The Hall–Kier alpha value is -1.06. The van der Waals surface area contributed by atoms with E-state index in [-0.39, 0.29) is 11.6 Å². The highest BCUT2D eigenvalue weighted by Crippen LogP contribution is 2.44. The maximum absolute atomic E-state index is 6.11. The Morgan fingerprint density at radius 2 is 1.95 bits per heavy atom. The van der Waals surface area contributed by atoms with Gasteiger partial charge in [-0.15, -0.1) is 0 Å². The third kappa shape index (κ3) is 2.69. The lowest BCUT2D eigenvalue weighted by atomic mass is 9.81. The van der Waals surface area contributed by atoms with Crippen molar-refractivity contribution in [1.82, 2.24) is 5.32 Å². The van der Waals surface area contributed by atoms with E-state index in [0.29, 0.717) is 0 Å². The standard InChI is InChI=1S/C18H27NO2/c1-19-17(18(20-2)11-5-3-4-6-12-18)15-9-7-8-14-10-13-21-16(14)15/h7-9,17,19H,3-6,10-13H2,1-2H3. The molecule has 1 aliphatic carbocycles. The summed E-state index contributed by atoms with van der Waals surface area (Å²) < 4.78 is 12.0. The van der Waals surface area contributed by atoms with Gasteiger partial charge in [-0.05, 0) is 25.5 Å². The van der Waals surface area contributed by atoms with Gasteiger partial charge >= 0.3 is 0 Å². The molecule has 0 radical (unpaired) electrons. The van der Waals surface area contributed by atoms with E-state index >= 15 is 0 Å². The van der Waals surface area contributed by atoms with Crippen LogP contribution in [-0.2, 0) is 11.2 Å². The molecule has 1 fully saturated rings. The summed E-state index contributed by atoms with van der Waals surface area (Å²) in [4.78, 5) is 0. The van der Waals surface area contributed by atoms with E-state index in [2.05, 4.69) is 23.5 Å². The van der Waals surface area contributed by atoms with Crippen LogP contribution in [0.1, 0.15) is 55.7 Å². The summed E-state index contributed by atoms with van der Waals surface area (Å²) >= 11 is 0. The molecule has 1 N–H and O–H groups in total. The van der Waals surface area contributed by atoms with Gasteiger partial charge in [0.2, 0.25) is 0 Å². The monoisotopic (exact) mass is 289 g/mol. The molecule has 0 aromatic heterocycles. The molecule has 1 heterocycles. The van der Waals surface area contributed by atoms with Gasteiger partial charge in [-0.1, -0.05) is 43.9 Å². The molecule has 116 valence electrons. The highest BCUT2D eigenvalue weighted by Gasteiger charge is 2.41. The quantitative estimate of drug-likeness (QED) is 0.859. The van der Waals surface area contributed by atoms with Crippen molar-refractivity contribution in [1.29, 1.82) is 0 Å². The molecule has 1 aromatic carbocycles. The molecule has 1 aliphatic heterocycles. The first kappa shape index (κ1) is 14.9. The van der Waals surface area contributed by atoms with Crippen molar-refractivity contribution in [2.24, 2.45) is 0 Å². The number of hydrogen-bond donors (Lipinski definition) is 1. The molecule has 21 heavy (non-hydrogen) atoms.